The Hall–Kier alpha value is -2.90. The van der Waals surface area contributed by atoms with Crippen LogP contribution in [0.4, 0.5) is 24.7 Å². The van der Waals surface area contributed by atoms with Crippen molar-refractivity contribution in [2.75, 3.05) is 10.0 Å². The lowest BCUT2D eigenvalue weighted by atomic mass is 10.3. The van der Waals surface area contributed by atoms with Crippen LogP contribution in [-0.2, 0) is 23.2 Å². The minimum atomic E-state index is -4.80. The van der Waals surface area contributed by atoms with E-state index in [9.17, 15) is 26.4 Å². The number of benzene rings is 1. The molecule has 2 heterocycles. The van der Waals surface area contributed by atoms with Gasteiger partial charge in [0.25, 0.3) is 15.9 Å². The summed E-state index contributed by atoms with van der Waals surface area (Å²) in [6.45, 7) is 0. The molecule has 1 aromatic carbocycles. The Balaban J connectivity index is 1.76. The number of rotatable bonds is 5. The fourth-order valence-electron chi connectivity index (χ4n) is 2.43. The summed E-state index contributed by atoms with van der Waals surface area (Å²) in [6.07, 6.45) is -4.80. The Morgan fingerprint density at radius 2 is 1.71 bits per heavy atom. The Bertz CT molecular complexity index is 1230. The van der Waals surface area contributed by atoms with E-state index in [2.05, 4.69) is 25.3 Å². The first-order valence-electron chi connectivity index (χ1n) is 8.11. The van der Waals surface area contributed by atoms with Crippen LogP contribution < -0.4 is 10.0 Å². The van der Waals surface area contributed by atoms with E-state index >= 15 is 0 Å². The van der Waals surface area contributed by atoms with E-state index in [1.165, 1.54) is 36.4 Å². The Morgan fingerprint density at radius 1 is 1.06 bits per heavy atom. The van der Waals surface area contributed by atoms with Gasteiger partial charge in [0.05, 0.1) is 4.90 Å². The fourth-order valence-corrected chi connectivity index (χ4v) is 3.88. The van der Waals surface area contributed by atoms with Crippen molar-refractivity contribution in [3.8, 4) is 0 Å². The maximum atomic E-state index is 13.0. The molecule has 0 saturated heterocycles. The summed E-state index contributed by atoms with van der Waals surface area (Å²) in [5, 5.41) is 12.1. The van der Waals surface area contributed by atoms with Gasteiger partial charge in [0, 0.05) is 12.7 Å². The lowest BCUT2D eigenvalue weighted by molar-refractivity contribution is -0.143. The maximum absolute atomic E-state index is 13.0. The zero-order chi connectivity index (χ0) is 23.0. The quantitative estimate of drug-likeness (QED) is 0.559. The topological polar surface area (TPSA) is 119 Å². The third kappa shape index (κ3) is 5.06. The summed E-state index contributed by atoms with van der Waals surface area (Å²) in [6, 6.07) is 7.47. The number of aryl methyl sites for hydroxylation is 1. The third-order valence-corrected chi connectivity index (χ3v) is 5.70. The number of anilines is 2. The second kappa shape index (κ2) is 8.32. The van der Waals surface area contributed by atoms with Gasteiger partial charge in [-0.3, -0.25) is 14.2 Å². The SMILES string of the molecule is Cn1nc(C(=O)Nc2ccc(S(=O)(=O)Nc3ccc(Cl)nn3)cc2)c(Cl)c1C(F)(F)F. The number of hydrogen-bond acceptors (Lipinski definition) is 6. The van der Waals surface area contributed by atoms with Crippen LogP contribution in [-0.4, -0.2) is 34.3 Å². The first-order valence-corrected chi connectivity index (χ1v) is 10.4. The number of nitrogens with zero attached hydrogens (tertiary/aromatic N) is 4. The number of hydrogen-bond donors (Lipinski definition) is 2. The molecule has 0 fully saturated rings. The monoisotopic (exact) mass is 494 g/mol. The Kier molecular flexibility index (Phi) is 6.11. The molecule has 2 aromatic heterocycles. The van der Waals surface area contributed by atoms with Crippen LogP contribution in [0.25, 0.3) is 0 Å². The van der Waals surface area contributed by atoms with Crippen molar-refractivity contribution in [3.63, 3.8) is 0 Å². The summed E-state index contributed by atoms with van der Waals surface area (Å²) < 4.78 is 66.4. The van der Waals surface area contributed by atoms with Crippen LogP contribution in [0, 0.1) is 0 Å². The van der Waals surface area contributed by atoms with Gasteiger partial charge in [-0.25, -0.2) is 8.42 Å². The predicted octanol–water partition coefficient (Wildman–Crippen LogP) is 3.59. The van der Waals surface area contributed by atoms with Crippen molar-refractivity contribution < 1.29 is 26.4 Å². The average molecular weight is 495 g/mol. The van der Waals surface area contributed by atoms with E-state index in [4.69, 9.17) is 23.2 Å². The van der Waals surface area contributed by atoms with Gasteiger partial charge in [-0.05, 0) is 36.4 Å². The molecule has 1 amide bonds. The molecule has 3 aromatic rings. The molecule has 0 aliphatic carbocycles. The molecule has 31 heavy (non-hydrogen) atoms. The summed E-state index contributed by atoms with van der Waals surface area (Å²) in [7, 11) is -3.02. The molecule has 3 rings (SSSR count). The zero-order valence-corrected chi connectivity index (χ0v) is 17.6. The fraction of sp³-hybridized carbons (Fsp3) is 0.125. The first kappa shape index (κ1) is 22.8. The van der Waals surface area contributed by atoms with Gasteiger partial charge in [0.2, 0.25) is 0 Å². The molecule has 0 unspecified atom stereocenters. The van der Waals surface area contributed by atoms with Gasteiger partial charge in [-0.1, -0.05) is 23.2 Å². The number of amides is 1. The van der Waals surface area contributed by atoms with E-state index in [1.54, 1.807) is 0 Å². The number of halogens is 5. The molecular weight excluding hydrogens is 484 g/mol. The second-order valence-electron chi connectivity index (χ2n) is 5.96. The van der Waals surface area contributed by atoms with E-state index in [1.807, 2.05) is 0 Å². The molecule has 0 saturated carbocycles. The van der Waals surface area contributed by atoms with Crippen molar-refractivity contribution in [1.82, 2.24) is 20.0 Å². The van der Waals surface area contributed by atoms with Crippen LogP contribution in [0.5, 0.6) is 0 Å². The highest BCUT2D eigenvalue weighted by Gasteiger charge is 2.40. The van der Waals surface area contributed by atoms with Crippen LogP contribution in [0.3, 0.4) is 0 Å². The zero-order valence-electron chi connectivity index (χ0n) is 15.3. The number of nitrogens with one attached hydrogen (secondary N) is 2. The van der Waals surface area contributed by atoms with Gasteiger partial charge in [0.1, 0.15) is 5.02 Å². The highest BCUT2D eigenvalue weighted by atomic mass is 35.5. The third-order valence-electron chi connectivity index (χ3n) is 3.77. The predicted molar refractivity (Wildman–Crippen MR) is 105 cm³/mol. The molecule has 0 spiro atoms. The molecule has 0 bridgehead atoms. The van der Waals surface area contributed by atoms with Gasteiger partial charge >= 0.3 is 6.18 Å². The molecule has 0 aliphatic rings. The average Bonchev–Trinajstić information content (AvgIpc) is 2.98. The molecule has 164 valence electrons. The minimum absolute atomic E-state index is 0.0629. The molecule has 9 nitrogen and oxygen atoms in total. The number of carbonyl (C=O) groups excluding carboxylic acids is 1. The first-order chi connectivity index (χ1) is 14.4. The second-order valence-corrected chi connectivity index (χ2v) is 8.41. The molecule has 15 heteroatoms. The number of sulfonamides is 1. The minimum Gasteiger partial charge on any atom is -0.321 e. The Labute approximate surface area is 183 Å². The van der Waals surface area contributed by atoms with E-state index in [0.717, 1.165) is 7.05 Å². The van der Waals surface area contributed by atoms with Crippen LogP contribution in [0.15, 0.2) is 41.3 Å². The largest absolute Gasteiger partial charge is 0.434 e. The smallest absolute Gasteiger partial charge is 0.321 e. The van der Waals surface area contributed by atoms with Gasteiger partial charge in [-0.2, -0.15) is 18.3 Å². The van der Waals surface area contributed by atoms with Crippen LogP contribution >= 0.6 is 23.2 Å². The van der Waals surface area contributed by atoms with Crippen LogP contribution in [0.2, 0.25) is 10.2 Å². The number of alkyl halides is 3. The molecule has 0 aliphatic heterocycles. The van der Waals surface area contributed by atoms with Crippen molar-refractivity contribution in [2.45, 2.75) is 11.1 Å². The lowest BCUT2D eigenvalue weighted by Crippen LogP contribution is -2.15. The van der Waals surface area contributed by atoms with Crippen molar-refractivity contribution in [1.29, 1.82) is 0 Å². The molecule has 0 radical (unpaired) electrons. The van der Waals surface area contributed by atoms with Crippen LogP contribution in [0.1, 0.15) is 16.2 Å². The highest BCUT2D eigenvalue weighted by Crippen LogP contribution is 2.36. The number of aromatic nitrogens is 4. The molecule has 0 atom stereocenters. The normalized spacial score (nSPS) is 11.9. The van der Waals surface area contributed by atoms with Gasteiger partial charge in [-0.15, -0.1) is 10.2 Å². The molecule has 2 N–H and O–H groups in total. The van der Waals surface area contributed by atoms with Gasteiger partial charge in [0.15, 0.2) is 22.4 Å². The van der Waals surface area contributed by atoms with Crippen molar-refractivity contribution in [3.05, 3.63) is 58.0 Å². The highest BCUT2D eigenvalue weighted by molar-refractivity contribution is 7.92. The number of carbonyl (C=O) groups is 1. The summed E-state index contributed by atoms with van der Waals surface area (Å²) >= 11 is 11.3. The Morgan fingerprint density at radius 3 is 2.23 bits per heavy atom. The lowest BCUT2D eigenvalue weighted by Gasteiger charge is -2.08. The summed E-state index contributed by atoms with van der Waals surface area (Å²) in [5.41, 5.74) is -1.79. The van der Waals surface area contributed by atoms with Gasteiger partial charge < -0.3 is 5.32 Å². The van der Waals surface area contributed by atoms with Crippen molar-refractivity contribution >= 4 is 50.6 Å². The molecular formula is C16H11Cl2F3N6O3S. The summed E-state index contributed by atoms with van der Waals surface area (Å²) in [4.78, 5) is 12.1. The van der Waals surface area contributed by atoms with E-state index in [-0.39, 0.29) is 21.6 Å². The van der Waals surface area contributed by atoms with E-state index < -0.39 is 38.5 Å². The summed E-state index contributed by atoms with van der Waals surface area (Å²) in [5.74, 6) is -1.06. The maximum Gasteiger partial charge on any atom is 0.434 e. The van der Waals surface area contributed by atoms with Crippen molar-refractivity contribution in [2.24, 2.45) is 7.05 Å². The standard InChI is InChI=1S/C16H11Cl2F3N6O3S/c1-27-14(16(19,20)21)12(18)13(25-27)15(28)22-8-2-4-9(5-3-8)31(29,30)26-11-7-6-10(17)23-24-11/h2-7H,1H3,(H,22,28)(H,24,26). The van der Waals surface area contributed by atoms with E-state index in [0.29, 0.717) is 4.68 Å².